The van der Waals surface area contributed by atoms with Crippen molar-refractivity contribution >= 4 is 5.69 Å². The van der Waals surface area contributed by atoms with E-state index in [0.29, 0.717) is 0 Å². The lowest BCUT2D eigenvalue weighted by atomic mass is 9.97. The summed E-state index contributed by atoms with van der Waals surface area (Å²) in [5.74, 6) is 0. The second-order valence-corrected chi connectivity index (χ2v) is 4.98. The highest BCUT2D eigenvalue weighted by Gasteiger charge is 2.12. The monoisotopic (exact) mass is 269 g/mol. The topological polar surface area (TPSA) is 50.9 Å². The quantitative estimate of drug-likeness (QED) is 0.847. The normalized spacial score (nSPS) is 12.3. The molecule has 1 atom stereocenters. The molecule has 0 saturated heterocycles. The van der Waals surface area contributed by atoms with Gasteiger partial charge in [-0.2, -0.15) is 0 Å². The minimum Gasteiger partial charge on any atom is -0.398 e. The fourth-order valence-electron chi connectivity index (χ4n) is 2.37. The highest BCUT2D eigenvalue weighted by Crippen LogP contribution is 2.21. The molecule has 3 nitrogen and oxygen atoms in total. The zero-order chi connectivity index (χ0) is 14.4. The Morgan fingerprint density at radius 1 is 1.15 bits per heavy atom. The molecule has 0 radical (unpaired) electrons. The molecule has 0 fully saturated rings. The number of hydrogen-bond donors (Lipinski definition) is 2. The second kappa shape index (κ2) is 7.06. The standard InChI is InChI=1S/C17H23N3/c1-3-13-5-7-14(8-6-13)17(20-4-2)11-15-12-19-10-9-16(15)18/h5-10,12,17,20H,3-4,11H2,1-2H3,(H2,18,19). The molecule has 0 saturated carbocycles. The van der Waals surface area contributed by atoms with E-state index in [9.17, 15) is 0 Å². The Bertz CT molecular complexity index is 534. The Hall–Kier alpha value is -1.87. The molecule has 0 spiro atoms. The maximum absolute atomic E-state index is 6.02. The molecular formula is C17H23N3. The van der Waals surface area contributed by atoms with E-state index in [1.54, 1.807) is 6.20 Å². The van der Waals surface area contributed by atoms with Gasteiger partial charge in [0, 0.05) is 24.1 Å². The SMILES string of the molecule is CCNC(Cc1cnccc1N)c1ccc(CC)cc1. The fourth-order valence-corrected chi connectivity index (χ4v) is 2.37. The van der Waals surface area contributed by atoms with Crippen molar-refractivity contribution in [1.82, 2.24) is 10.3 Å². The van der Waals surface area contributed by atoms with Gasteiger partial charge in [0.1, 0.15) is 0 Å². The van der Waals surface area contributed by atoms with Crippen LogP contribution in [-0.4, -0.2) is 11.5 Å². The number of likely N-dealkylation sites (N-methyl/N-ethyl adjacent to an activating group) is 1. The number of nitrogens with zero attached hydrogens (tertiary/aromatic N) is 1. The molecule has 1 unspecified atom stereocenters. The third-order valence-corrected chi connectivity index (χ3v) is 3.61. The summed E-state index contributed by atoms with van der Waals surface area (Å²) in [5, 5.41) is 3.53. The average Bonchev–Trinajstić information content (AvgIpc) is 2.49. The first-order valence-electron chi connectivity index (χ1n) is 7.25. The van der Waals surface area contributed by atoms with E-state index in [-0.39, 0.29) is 6.04 Å². The molecule has 0 aliphatic carbocycles. The maximum atomic E-state index is 6.02. The van der Waals surface area contributed by atoms with E-state index in [1.165, 1.54) is 11.1 Å². The number of aryl methyl sites for hydroxylation is 1. The Kier molecular flexibility index (Phi) is 5.13. The molecule has 106 valence electrons. The van der Waals surface area contributed by atoms with Gasteiger partial charge >= 0.3 is 0 Å². The number of anilines is 1. The minimum absolute atomic E-state index is 0.275. The van der Waals surface area contributed by atoms with Gasteiger partial charge in [-0.3, -0.25) is 4.98 Å². The molecular weight excluding hydrogens is 246 g/mol. The summed E-state index contributed by atoms with van der Waals surface area (Å²) in [5.41, 5.74) is 10.6. The summed E-state index contributed by atoms with van der Waals surface area (Å²) in [6.07, 6.45) is 5.53. The van der Waals surface area contributed by atoms with E-state index >= 15 is 0 Å². The van der Waals surface area contributed by atoms with Crippen molar-refractivity contribution in [3.63, 3.8) is 0 Å². The molecule has 2 aromatic rings. The number of pyridine rings is 1. The number of nitrogens with two attached hydrogens (primary N) is 1. The zero-order valence-corrected chi connectivity index (χ0v) is 12.3. The first-order chi connectivity index (χ1) is 9.74. The van der Waals surface area contributed by atoms with Gasteiger partial charge in [0.05, 0.1) is 0 Å². The highest BCUT2D eigenvalue weighted by atomic mass is 14.9. The zero-order valence-electron chi connectivity index (χ0n) is 12.3. The number of aromatic nitrogens is 1. The van der Waals surface area contributed by atoms with Crippen LogP contribution >= 0.6 is 0 Å². The smallest absolute Gasteiger partial charge is 0.0378 e. The minimum atomic E-state index is 0.275. The molecule has 0 aliphatic heterocycles. The van der Waals surface area contributed by atoms with Gasteiger partial charge in [-0.25, -0.2) is 0 Å². The lowest BCUT2D eigenvalue weighted by Gasteiger charge is -2.19. The molecule has 2 rings (SSSR count). The number of hydrogen-bond acceptors (Lipinski definition) is 3. The van der Waals surface area contributed by atoms with Crippen LogP contribution in [0.25, 0.3) is 0 Å². The summed E-state index contributed by atoms with van der Waals surface area (Å²) >= 11 is 0. The molecule has 1 heterocycles. The molecule has 3 heteroatoms. The van der Waals surface area contributed by atoms with E-state index < -0.39 is 0 Å². The molecule has 20 heavy (non-hydrogen) atoms. The van der Waals surface area contributed by atoms with Crippen molar-refractivity contribution in [2.24, 2.45) is 0 Å². The van der Waals surface area contributed by atoms with Crippen LogP contribution in [0, 0.1) is 0 Å². The van der Waals surface area contributed by atoms with Crippen LogP contribution in [0.15, 0.2) is 42.7 Å². The second-order valence-electron chi connectivity index (χ2n) is 4.98. The van der Waals surface area contributed by atoms with Gasteiger partial charge in [-0.15, -0.1) is 0 Å². The lowest BCUT2D eigenvalue weighted by molar-refractivity contribution is 0.549. The van der Waals surface area contributed by atoms with Gasteiger partial charge in [-0.1, -0.05) is 38.1 Å². The number of benzene rings is 1. The third kappa shape index (κ3) is 3.58. The van der Waals surface area contributed by atoms with Crippen molar-refractivity contribution in [2.75, 3.05) is 12.3 Å². The van der Waals surface area contributed by atoms with Crippen LogP contribution in [0.5, 0.6) is 0 Å². The van der Waals surface area contributed by atoms with Crippen molar-refractivity contribution in [2.45, 2.75) is 32.7 Å². The van der Waals surface area contributed by atoms with Gasteiger partial charge < -0.3 is 11.1 Å². The largest absolute Gasteiger partial charge is 0.398 e. The molecule has 0 aliphatic rings. The van der Waals surface area contributed by atoms with Crippen LogP contribution in [0.3, 0.4) is 0 Å². The lowest BCUT2D eigenvalue weighted by Crippen LogP contribution is -2.23. The van der Waals surface area contributed by atoms with E-state index in [2.05, 4.69) is 48.4 Å². The van der Waals surface area contributed by atoms with Gasteiger partial charge in [0.15, 0.2) is 0 Å². The number of nitrogens with one attached hydrogen (secondary N) is 1. The van der Waals surface area contributed by atoms with Crippen molar-refractivity contribution < 1.29 is 0 Å². The third-order valence-electron chi connectivity index (χ3n) is 3.61. The summed E-state index contributed by atoms with van der Waals surface area (Å²) in [6, 6.07) is 11.0. The van der Waals surface area contributed by atoms with Crippen LogP contribution in [-0.2, 0) is 12.8 Å². The summed E-state index contributed by atoms with van der Waals surface area (Å²) in [6.45, 7) is 5.23. The summed E-state index contributed by atoms with van der Waals surface area (Å²) in [4.78, 5) is 4.17. The summed E-state index contributed by atoms with van der Waals surface area (Å²) in [7, 11) is 0. The maximum Gasteiger partial charge on any atom is 0.0378 e. The van der Waals surface area contributed by atoms with Gasteiger partial charge in [0.2, 0.25) is 0 Å². The van der Waals surface area contributed by atoms with Crippen molar-refractivity contribution in [3.05, 3.63) is 59.4 Å². The average molecular weight is 269 g/mol. The molecule has 3 N–H and O–H groups in total. The molecule has 1 aromatic heterocycles. The Labute approximate surface area is 121 Å². The Morgan fingerprint density at radius 2 is 1.90 bits per heavy atom. The van der Waals surface area contributed by atoms with E-state index in [4.69, 9.17) is 5.73 Å². The van der Waals surface area contributed by atoms with Gasteiger partial charge in [0.25, 0.3) is 0 Å². The number of nitrogen functional groups attached to an aromatic ring is 1. The van der Waals surface area contributed by atoms with Crippen LogP contribution in [0.2, 0.25) is 0 Å². The first-order valence-corrected chi connectivity index (χ1v) is 7.25. The number of rotatable bonds is 6. The molecule has 1 aromatic carbocycles. The molecule has 0 bridgehead atoms. The van der Waals surface area contributed by atoms with Gasteiger partial charge in [-0.05, 0) is 42.1 Å². The predicted molar refractivity (Wildman–Crippen MR) is 84.6 cm³/mol. The Morgan fingerprint density at radius 3 is 2.50 bits per heavy atom. The van der Waals surface area contributed by atoms with Crippen LogP contribution in [0.1, 0.15) is 36.6 Å². The highest BCUT2D eigenvalue weighted by molar-refractivity contribution is 5.45. The van der Waals surface area contributed by atoms with E-state index in [0.717, 1.165) is 30.6 Å². The Balaban J connectivity index is 2.19. The fraction of sp³-hybridized carbons (Fsp3) is 0.353. The summed E-state index contributed by atoms with van der Waals surface area (Å²) < 4.78 is 0. The van der Waals surface area contributed by atoms with Crippen molar-refractivity contribution in [1.29, 1.82) is 0 Å². The first kappa shape index (κ1) is 14.5. The van der Waals surface area contributed by atoms with E-state index in [1.807, 2.05) is 12.3 Å². The van der Waals surface area contributed by atoms with Crippen molar-refractivity contribution in [3.8, 4) is 0 Å². The van der Waals surface area contributed by atoms with Crippen LogP contribution < -0.4 is 11.1 Å². The van der Waals surface area contributed by atoms with Crippen LogP contribution in [0.4, 0.5) is 5.69 Å². The predicted octanol–water partition coefficient (Wildman–Crippen LogP) is 3.12. The molecule has 0 amide bonds.